The van der Waals surface area contributed by atoms with E-state index in [4.69, 9.17) is 9.47 Å². The number of halogens is 3. The molecule has 0 saturated heterocycles. The minimum absolute atomic E-state index is 0.0634. The van der Waals surface area contributed by atoms with Crippen molar-refractivity contribution in [2.75, 3.05) is 18.5 Å². The number of ether oxygens (including phenoxy) is 2. The normalized spacial score (nSPS) is 11.1. The number of hydrogen-bond donors (Lipinski definition) is 1. The fourth-order valence-electron chi connectivity index (χ4n) is 3.32. The van der Waals surface area contributed by atoms with Gasteiger partial charge in [0.05, 0.1) is 23.3 Å². The monoisotopic (exact) mass is 513 g/mol. The van der Waals surface area contributed by atoms with Gasteiger partial charge in [-0.2, -0.15) is 13.2 Å². The highest BCUT2D eigenvalue weighted by Gasteiger charge is 2.34. The van der Waals surface area contributed by atoms with Crippen molar-refractivity contribution in [3.05, 3.63) is 66.1 Å². The highest BCUT2D eigenvalue weighted by molar-refractivity contribution is 5.90. The molecule has 0 atom stereocenters. The fraction of sp³-hybridized carbons (Fsp3) is 0.333. The molecule has 0 aliphatic carbocycles. The molecule has 0 saturated carbocycles. The Labute approximate surface area is 214 Å². The lowest BCUT2D eigenvalue weighted by Gasteiger charge is -2.14. The van der Waals surface area contributed by atoms with Gasteiger partial charge in [-0.05, 0) is 62.4 Å². The molecular formula is C27H30F3N5O2. The third-order valence-corrected chi connectivity index (χ3v) is 4.83. The average Bonchev–Trinajstić information content (AvgIpc) is 2.88. The topological polar surface area (TPSA) is 82.0 Å². The maximum atomic E-state index is 13.5. The zero-order valence-corrected chi connectivity index (χ0v) is 21.3. The first-order valence-corrected chi connectivity index (χ1v) is 12.1. The van der Waals surface area contributed by atoms with Crippen molar-refractivity contribution in [1.82, 2.24) is 19.9 Å². The summed E-state index contributed by atoms with van der Waals surface area (Å²) in [5, 5.41) is 3.77. The molecule has 0 aliphatic rings. The first-order chi connectivity index (χ1) is 17.8. The molecule has 3 heterocycles. The van der Waals surface area contributed by atoms with E-state index in [1.54, 1.807) is 6.07 Å². The number of rotatable bonds is 8. The number of nitrogens with zero attached hydrogens (tertiary/aromatic N) is 4. The minimum atomic E-state index is -4.56. The van der Waals surface area contributed by atoms with Crippen LogP contribution in [0.5, 0.6) is 5.75 Å². The number of fused-ring (bicyclic) bond motifs is 1. The van der Waals surface area contributed by atoms with E-state index in [9.17, 15) is 13.2 Å². The Morgan fingerprint density at radius 1 is 0.865 bits per heavy atom. The second-order valence-corrected chi connectivity index (χ2v) is 7.88. The molecule has 1 N–H and O–H groups in total. The number of nitrogens with one attached hydrogen (secondary N) is 1. The summed E-state index contributed by atoms with van der Waals surface area (Å²) in [6, 6.07) is 12.7. The van der Waals surface area contributed by atoms with Crippen LogP contribution in [0, 0.1) is 0 Å². The summed E-state index contributed by atoms with van der Waals surface area (Å²) in [4.78, 5) is 17.3. The maximum Gasteiger partial charge on any atom is 0.418 e. The molecule has 4 aromatic rings. The molecule has 10 heteroatoms. The lowest BCUT2D eigenvalue weighted by Crippen LogP contribution is -2.09. The Balaban J connectivity index is 0.00000121. The van der Waals surface area contributed by atoms with Crippen molar-refractivity contribution in [1.29, 1.82) is 0 Å². The largest absolute Gasteiger partial charge is 0.494 e. The van der Waals surface area contributed by atoms with E-state index in [-0.39, 0.29) is 23.6 Å². The molecule has 4 rings (SSSR count). The van der Waals surface area contributed by atoms with E-state index >= 15 is 0 Å². The quantitative estimate of drug-likeness (QED) is 0.267. The van der Waals surface area contributed by atoms with Gasteiger partial charge in [0.25, 0.3) is 0 Å². The molecule has 0 spiro atoms. The molecule has 0 radical (unpaired) electrons. The van der Waals surface area contributed by atoms with Gasteiger partial charge in [-0.3, -0.25) is 4.98 Å². The third kappa shape index (κ3) is 7.36. The number of anilines is 2. The average molecular weight is 514 g/mol. The van der Waals surface area contributed by atoms with Crippen molar-refractivity contribution in [3.63, 3.8) is 0 Å². The SMILES string of the molecule is CCC.CCOCc1nc(Nc2ccc(OCC)cc2)c2ccc(-c3ncccc3C(F)(F)F)nc2n1. The first kappa shape index (κ1) is 27.8. The van der Waals surface area contributed by atoms with Crippen LogP contribution in [0.15, 0.2) is 54.7 Å². The van der Waals surface area contributed by atoms with E-state index < -0.39 is 11.7 Å². The van der Waals surface area contributed by atoms with Crippen LogP contribution in [-0.4, -0.2) is 33.1 Å². The van der Waals surface area contributed by atoms with Gasteiger partial charge in [0.2, 0.25) is 0 Å². The molecule has 0 unspecified atom stereocenters. The summed E-state index contributed by atoms with van der Waals surface area (Å²) in [7, 11) is 0. The van der Waals surface area contributed by atoms with Crippen LogP contribution >= 0.6 is 0 Å². The fourth-order valence-corrected chi connectivity index (χ4v) is 3.32. The summed E-state index contributed by atoms with van der Waals surface area (Å²) in [6.45, 7) is 9.15. The van der Waals surface area contributed by atoms with E-state index in [2.05, 4.69) is 39.1 Å². The number of aromatic nitrogens is 4. The van der Waals surface area contributed by atoms with Gasteiger partial charge in [0.15, 0.2) is 11.5 Å². The smallest absolute Gasteiger partial charge is 0.418 e. The van der Waals surface area contributed by atoms with Gasteiger partial charge < -0.3 is 14.8 Å². The van der Waals surface area contributed by atoms with Crippen LogP contribution in [0.2, 0.25) is 0 Å². The molecule has 0 bridgehead atoms. The van der Waals surface area contributed by atoms with Crippen LogP contribution in [0.1, 0.15) is 45.5 Å². The van der Waals surface area contributed by atoms with Crippen LogP contribution in [0.3, 0.4) is 0 Å². The second kappa shape index (κ2) is 13.0. The number of pyridine rings is 2. The Hall–Kier alpha value is -3.79. The van der Waals surface area contributed by atoms with Gasteiger partial charge in [-0.15, -0.1) is 0 Å². The highest BCUT2D eigenvalue weighted by Crippen LogP contribution is 2.36. The van der Waals surface area contributed by atoms with Gasteiger partial charge >= 0.3 is 6.18 Å². The lowest BCUT2D eigenvalue weighted by molar-refractivity contribution is -0.137. The summed E-state index contributed by atoms with van der Waals surface area (Å²) in [6.07, 6.45) is -2.01. The van der Waals surface area contributed by atoms with E-state index in [1.807, 2.05) is 38.1 Å². The minimum Gasteiger partial charge on any atom is -0.494 e. The second-order valence-electron chi connectivity index (χ2n) is 7.88. The third-order valence-electron chi connectivity index (χ3n) is 4.83. The van der Waals surface area contributed by atoms with Gasteiger partial charge in [-0.25, -0.2) is 15.0 Å². The van der Waals surface area contributed by atoms with Crippen molar-refractivity contribution >= 4 is 22.5 Å². The van der Waals surface area contributed by atoms with Gasteiger partial charge in [0, 0.05) is 18.5 Å². The Bertz CT molecular complexity index is 1300. The lowest BCUT2D eigenvalue weighted by atomic mass is 10.1. The molecule has 0 fully saturated rings. The van der Waals surface area contributed by atoms with E-state index in [0.29, 0.717) is 30.2 Å². The summed E-state index contributed by atoms with van der Waals surface area (Å²) < 4.78 is 51.4. The number of benzene rings is 1. The van der Waals surface area contributed by atoms with Crippen LogP contribution in [0.25, 0.3) is 22.4 Å². The molecule has 7 nitrogen and oxygen atoms in total. The standard InChI is InChI=1S/C24H22F3N5O2.C3H8/c1-3-33-14-20-31-22(29-15-7-9-16(10-8-15)34-4-2)17-11-12-19(30-23(17)32-20)21-18(24(25,26)27)6-5-13-28-21;1-3-2/h5-13H,3-4,14H2,1-2H3,(H,29,30,31,32);3H2,1-2H3. The van der Waals surface area contributed by atoms with Crippen molar-refractivity contribution in [3.8, 4) is 17.1 Å². The molecule has 0 amide bonds. The van der Waals surface area contributed by atoms with Crippen molar-refractivity contribution in [2.24, 2.45) is 0 Å². The summed E-state index contributed by atoms with van der Waals surface area (Å²) in [5.41, 5.74) is -0.0806. The van der Waals surface area contributed by atoms with Gasteiger partial charge in [0.1, 0.15) is 23.9 Å². The molecular weight excluding hydrogens is 483 g/mol. The van der Waals surface area contributed by atoms with Crippen LogP contribution in [-0.2, 0) is 17.5 Å². The number of alkyl halides is 3. The van der Waals surface area contributed by atoms with Crippen LogP contribution in [0.4, 0.5) is 24.7 Å². The molecule has 196 valence electrons. The highest BCUT2D eigenvalue weighted by atomic mass is 19.4. The maximum absolute atomic E-state index is 13.5. The Kier molecular flexibility index (Phi) is 9.73. The molecule has 1 aromatic carbocycles. The molecule has 3 aromatic heterocycles. The first-order valence-electron chi connectivity index (χ1n) is 12.1. The summed E-state index contributed by atoms with van der Waals surface area (Å²) >= 11 is 0. The molecule has 0 aliphatic heterocycles. The van der Waals surface area contributed by atoms with Crippen LogP contribution < -0.4 is 10.1 Å². The zero-order valence-electron chi connectivity index (χ0n) is 21.3. The van der Waals surface area contributed by atoms with E-state index in [1.165, 1.54) is 24.8 Å². The Morgan fingerprint density at radius 3 is 2.24 bits per heavy atom. The van der Waals surface area contributed by atoms with E-state index in [0.717, 1.165) is 17.5 Å². The Morgan fingerprint density at radius 2 is 1.59 bits per heavy atom. The van der Waals surface area contributed by atoms with Crippen molar-refractivity contribution < 1.29 is 22.6 Å². The van der Waals surface area contributed by atoms with Crippen molar-refractivity contribution in [2.45, 2.75) is 46.9 Å². The summed E-state index contributed by atoms with van der Waals surface area (Å²) in [5.74, 6) is 1.55. The predicted octanol–water partition coefficient (Wildman–Crippen LogP) is 7.20. The zero-order chi connectivity index (χ0) is 26.8. The van der Waals surface area contributed by atoms with Gasteiger partial charge in [-0.1, -0.05) is 20.3 Å². The predicted molar refractivity (Wildman–Crippen MR) is 138 cm³/mol. The number of hydrogen-bond acceptors (Lipinski definition) is 7. The molecule has 37 heavy (non-hydrogen) atoms.